The molecule has 0 atom stereocenters. The van der Waals surface area contributed by atoms with Gasteiger partial charge in [0.2, 0.25) is 0 Å². The van der Waals surface area contributed by atoms with Gasteiger partial charge < -0.3 is 15.5 Å². The third kappa shape index (κ3) is 3.87. The quantitative estimate of drug-likeness (QED) is 0.895. The summed E-state index contributed by atoms with van der Waals surface area (Å²) in [5.41, 5.74) is 0.675. The van der Waals surface area contributed by atoms with Crippen molar-refractivity contribution in [3.8, 4) is 0 Å². The number of nitrogens with one attached hydrogen (secondary N) is 2. The van der Waals surface area contributed by atoms with E-state index in [1.54, 1.807) is 6.07 Å². The van der Waals surface area contributed by atoms with E-state index in [0.717, 1.165) is 38.9 Å². The highest BCUT2D eigenvalue weighted by molar-refractivity contribution is 6.33. The molecule has 1 heterocycles. The second-order valence-electron chi connectivity index (χ2n) is 5.08. The van der Waals surface area contributed by atoms with Crippen molar-refractivity contribution in [3.05, 3.63) is 29.3 Å². The molecule has 0 radical (unpaired) electrons. The maximum Gasteiger partial charge on any atom is 0.322 e. The molecule has 2 N–H and O–H groups in total. The fourth-order valence-electron chi connectivity index (χ4n) is 2.56. The lowest BCUT2D eigenvalue weighted by Gasteiger charge is -2.34. The summed E-state index contributed by atoms with van der Waals surface area (Å²) in [4.78, 5) is 14.4. The third-order valence-corrected chi connectivity index (χ3v) is 3.92. The van der Waals surface area contributed by atoms with E-state index in [0.29, 0.717) is 16.8 Å². The summed E-state index contributed by atoms with van der Waals surface area (Å²) in [5, 5.41) is 6.83. The van der Waals surface area contributed by atoms with E-state index >= 15 is 0 Å². The first-order chi connectivity index (χ1) is 9.72. The Hall–Kier alpha value is -1.26. The Bertz CT molecular complexity index is 446. The van der Waals surface area contributed by atoms with Gasteiger partial charge in [-0.15, -0.1) is 0 Å². The summed E-state index contributed by atoms with van der Waals surface area (Å²) in [6, 6.07) is 7.61. The lowest BCUT2D eigenvalue weighted by Crippen LogP contribution is -2.48. The molecular weight excluding hydrogens is 274 g/mol. The monoisotopic (exact) mass is 295 g/mol. The Morgan fingerprint density at radius 2 is 2.10 bits per heavy atom. The van der Waals surface area contributed by atoms with Crippen molar-refractivity contribution in [1.29, 1.82) is 0 Å². The van der Waals surface area contributed by atoms with Crippen molar-refractivity contribution in [2.75, 3.05) is 25.0 Å². The molecule has 0 aliphatic carbocycles. The second-order valence-corrected chi connectivity index (χ2v) is 5.49. The average Bonchev–Trinajstić information content (AvgIpc) is 2.48. The average molecular weight is 296 g/mol. The van der Waals surface area contributed by atoms with Gasteiger partial charge in [0.1, 0.15) is 0 Å². The van der Waals surface area contributed by atoms with E-state index in [-0.39, 0.29) is 6.03 Å². The Morgan fingerprint density at radius 3 is 2.75 bits per heavy atom. The molecule has 1 aliphatic rings. The fourth-order valence-corrected chi connectivity index (χ4v) is 2.74. The first kappa shape index (κ1) is 15.1. The van der Waals surface area contributed by atoms with Crippen LogP contribution in [0.3, 0.4) is 0 Å². The number of anilines is 1. The highest BCUT2D eigenvalue weighted by Crippen LogP contribution is 2.22. The summed E-state index contributed by atoms with van der Waals surface area (Å²) in [6.07, 6.45) is 2.98. The van der Waals surface area contributed by atoms with Crippen molar-refractivity contribution in [2.45, 2.75) is 32.2 Å². The topological polar surface area (TPSA) is 44.4 Å². The maximum atomic E-state index is 12.5. The number of carbonyl (C=O) groups excluding carboxylic acids is 1. The number of hydrogen-bond donors (Lipinski definition) is 2. The molecule has 5 heteroatoms. The Labute approximate surface area is 125 Å². The van der Waals surface area contributed by atoms with Crippen LogP contribution in [0.5, 0.6) is 0 Å². The Kier molecular flexibility index (Phi) is 5.68. The fraction of sp³-hybridized carbons (Fsp3) is 0.533. The molecule has 1 aliphatic heterocycles. The molecule has 0 saturated carbocycles. The minimum atomic E-state index is -0.0492. The summed E-state index contributed by atoms with van der Waals surface area (Å²) in [5.74, 6) is 0. The summed E-state index contributed by atoms with van der Waals surface area (Å²) in [7, 11) is 0. The molecule has 20 heavy (non-hydrogen) atoms. The Morgan fingerprint density at radius 1 is 1.40 bits per heavy atom. The molecule has 0 spiro atoms. The van der Waals surface area contributed by atoms with E-state index in [2.05, 4.69) is 17.6 Å². The van der Waals surface area contributed by atoms with Gasteiger partial charge in [-0.05, 0) is 44.5 Å². The predicted octanol–water partition coefficient (Wildman–Crippen LogP) is 3.34. The van der Waals surface area contributed by atoms with E-state index in [9.17, 15) is 4.79 Å². The molecule has 0 aromatic heterocycles. The van der Waals surface area contributed by atoms with E-state index in [4.69, 9.17) is 11.6 Å². The SMILES string of the molecule is CCCN(C(=O)Nc1ccccc1Cl)C1CCNCC1. The first-order valence-corrected chi connectivity index (χ1v) is 7.63. The molecular formula is C15H22ClN3O. The number of benzene rings is 1. The smallest absolute Gasteiger partial charge is 0.321 e. The molecule has 0 unspecified atom stereocenters. The van der Waals surface area contributed by atoms with Crippen LogP contribution in [0.25, 0.3) is 0 Å². The number of piperidine rings is 1. The van der Waals surface area contributed by atoms with Crippen LogP contribution < -0.4 is 10.6 Å². The number of para-hydroxylation sites is 1. The number of hydrogen-bond acceptors (Lipinski definition) is 2. The minimum Gasteiger partial charge on any atom is -0.321 e. The zero-order chi connectivity index (χ0) is 14.4. The van der Waals surface area contributed by atoms with Gasteiger partial charge in [0.05, 0.1) is 10.7 Å². The molecule has 1 fully saturated rings. The van der Waals surface area contributed by atoms with Gasteiger partial charge in [0, 0.05) is 12.6 Å². The summed E-state index contributed by atoms with van der Waals surface area (Å²) >= 11 is 6.09. The largest absolute Gasteiger partial charge is 0.322 e. The van der Waals surface area contributed by atoms with Crippen molar-refractivity contribution >= 4 is 23.3 Å². The van der Waals surface area contributed by atoms with E-state index in [1.165, 1.54) is 0 Å². The first-order valence-electron chi connectivity index (χ1n) is 7.25. The normalized spacial score (nSPS) is 15.9. The number of rotatable bonds is 4. The lowest BCUT2D eigenvalue weighted by atomic mass is 10.0. The number of amides is 2. The van der Waals surface area contributed by atoms with Crippen molar-refractivity contribution in [2.24, 2.45) is 0 Å². The van der Waals surface area contributed by atoms with Crippen LogP contribution in [0.1, 0.15) is 26.2 Å². The van der Waals surface area contributed by atoms with Crippen LogP contribution in [-0.2, 0) is 0 Å². The standard InChI is InChI=1S/C15H22ClN3O/c1-2-11-19(12-7-9-17-10-8-12)15(20)18-14-6-4-3-5-13(14)16/h3-6,12,17H,2,7-11H2,1H3,(H,18,20). The third-order valence-electron chi connectivity index (χ3n) is 3.59. The highest BCUT2D eigenvalue weighted by Gasteiger charge is 2.24. The van der Waals surface area contributed by atoms with Crippen molar-refractivity contribution < 1.29 is 4.79 Å². The van der Waals surface area contributed by atoms with Gasteiger partial charge in [-0.2, -0.15) is 0 Å². The minimum absolute atomic E-state index is 0.0492. The Balaban J connectivity index is 2.04. The molecule has 110 valence electrons. The molecule has 1 saturated heterocycles. The number of urea groups is 1. The van der Waals surface area contributed by atoms with Crippen LogP contribution in [-0.4, -0.2) is 36.6 Å². The van der Waals surface area contributed by atoms with Gasteiger partial charge >= 0.3 is 6.03 Å². The van der Waals surface area contributed by atoms with E-state index in [1.807, 2.05) is 23.1 Å². The number of halogens is 1. The van der Waals surface area contributed by atoms with Crippen LogP contribution in [0.2, 0.25) is 5.02 Å². The van der Waals surface area contributed by atoms with Crippen LogP contribution in [0, 0.1) is 0 Å². The molecule has 4 nitrogen and oxygen atoms in total. The van der Waals surface area contributed by atoms with Gasteiger partial charge in [-0.25, -0.2) is 4.79 Å². The van der Waals surface area contributed by atoms with Gasteiger partial charge in [0.15, 0.2) is 0 Å². The molecule has 2 amide bonds. The molecule has 0 bridgehead atoms. The second kappa shape index (κ2) is 7.50. The van der Waals surface area contributed by atoms with Crippen LogP contribution >= 0.6 is 11.6 Å². The van der Waals surface area contributed by atoms with Crippen LogP contribution in [0.4, 0.5) is 10.5 Å². The molecule has 1 aromatic rings. The zero-order valence-electron chi connectivity index (χ0n) is 11.9. The molecule has 2 rings (SSSR count). The van der Waals surface area contributed by atoms with Gasteiger partial charge in [-0.1, -0.05) is 30.7 Å². The summed E-state index contributed by atoms with van der Waals surface area (Å²) < 4.78 is 0. The van der Waals surface area contributed by atoms with Gasteiger partial charge in [0.25, 0.3) is 0 Å². The number of nitrogens with zero attached hydrogens (tertiary/aromatic N) is 1. The van der Waals surface area contributed by atoms with Crippen molar-refractivity contribution in [3.63, 3.8) is 0 Å². The maximum absolute atomic E-state index is 12.5. The van der Waals surface area contributed by atoms with Crippen LogP contribution in [0.15, 0.2) is 24.3 Å². The highest BCUT2D eigenvalue weighted by atomic mass is 35.5. The van der Waals surface area contributed by atoms with Crippen molar-refractivity contribution in [1.82, 2.24) is 10.2 Å². The lowest BCUT2D eigenvalue weighted by molar-refractivity contribution is 0.171. The van der Waals surface area contributed by atoms with E-state index < -0.39 is 0 Å². The zero-order valence-corrected chi connectivity index (χ0v) is 12.6. The predicted molar refractivity (Wildman–Crippen MR) is 83.4 cm³/mol. The van der Waals surface area contributed by atoms with Gasteiger partial charge in [-0.3, -0.25) is 0 Å². The summed E-state index contributed by atoms with van der Waals surface area (Å²) in [6.45, 7) is 4.83. The molecule has 1 aromatic carbocycles. The number of carbonyl (C=O) groups is 1.